The lowest BCUT2D eigenvalue weighted by molar-refractivity contribution is -0.929. The van der Waals surface area contributed by atoms with Gasteiger partial charge < -0.3 is 24.6 Å². The number of rotatable bonds is 37. The second-order valence-corrected chi connectivity index (χ2v) is 13.8. The number of hydrogen-bond donors (Lipinski definition) is 2. The molecule has 0 spiro atoms. The van der Waals surface area contributed by atoms with Crippen LogP contribution in [0.3, 0.4) is 0 Å². The van der Waals surface area contributed by atoms with Gasteiger partial charge in [-0.05, 0) is 83.5 Å². The largest absolute Gasteiger partial charge is 0.550 e. The van der Waals surface area contributed by atoms with Crippen molar-refractivity contribution in [1.82, 2.24) is 0 Å². The number of nitrogens with zero attached hydrogens (tertiary/aromatic N) is 1. The predicted molar refractivity (Wildman–Crippen MR) is 189 cm³/mol. The Morgan fingerprint density at radius 1 is 0.457 bits per heavy atom. The lowest BCUT2D eigenvalue weighted by Crippen LogP contribution is -2.51. The Morgan fingerprint density at radius 3 is 1.11 bits per heavy atom. The highest BCUT2D eigenvalue weighted by atomic mass is 16.4. The van der Waals surface area contributed by atoms with E-state index in [1.165, 1.54) is 109 Å². The van der Waals surface area contributed by atoms with Gasteiger partial charge in [0.2, 0.25) is 0 Å². The van der Waals surface area contributed by atoms with Gasteiger partial charge in [-0.25, -0.2) is 0 Å². The molecular formula is C39H73NO6. The predicted octanol–water partition coefficient (Wildman–Crippen LogP) is 9.61. The molecule has 0 aliphatic rings. The first kappa shape index (κ1) is 44.1. The number of carboxylic acid groups (broad SMARTS) is 3. The lowest BCUT2D eigenvalue weighted by atomic mass is 10.0. The van der Waals surface area contributed by atoms with Crippen LogP contribution >= 0.6 is 0 Å². The number of carboxylic acids is 3. The molecule has 2 N–H and O–H groups in total. The second kappa shape index (κ2) is 33.0. The third-order valence-corrected chi connectivity index (χ3v) is 9.45. The van der Waals surface area contributed by atoms with E-state index >= 15 is 0 Å². The molecule has 0 heterocycles. The number of carbonyl (C=O) groups excluding carboxylic acids is 1. The van der Waals surface area contributed by atoms with Gasteiger partial charge in [0.05, 0.1) is 26.2 Å². The van der Waals surface area contributed by atoms with Crippen LogP contribution in [-0.4, -0.2) is 58.8 Å². The van der Waals surface area contributed by atoms with Gasteiger partial charge in [-0.1, -0.05) is 109 Å². The Morgan fingerprint density at radius 2 is 0.761 bits per heavy atom. The average molecular weight is 652 g/mol. The van der Waals surface area contributed by atoms with Crippen LogP contribution in [0.5, 0.6) is 0 Å². The molecule has 46 heavy (non-hydrogen) atoms. The number of aliphatic carboxylic acids is 3. The second-order valence-electron chi connectivity index (χ2n) is 13.8. The number of hydrogen-bond acceptors (Lipinski definition) is 4. The first-order chi connectivity index (χ1) is 22.3. The van der Waals surface area contributed by atoms with Crippen LogP contribution in [0.1, 0.15) is 193 Å². The smallest absolute Gasteiger partial charge is 0.303 e. The fourth-order valence-electron chi connectivity index (χ4n) is 6.59. The summed E-state index contributed by atoms with van der Waals surface area (Å²) in [5.74, 6) is -2.57. The summed E-state index contributed by atoms with van der Waals surface area (Å²) in [5.41, 5.74) is 0. The van der Waals surface area contributed by atoms with Gasteiger partial charge >= 0.3 is 11.9 Å². The summed E-state index contributed by atoms with van der Waals surface area (Å²) in [6.45, 7) is 5.87. The van der Waals surface area contributed by atoms with Gasteiger partial charge in [-0.15, -0.1) is 0 Å². The van der Waals surface area contributed by atoms with E-state index in [9.17, 15) is 19.5 Å². The van der Waals surface area contributed by atoms with Crippen molar-refractivity contribution >= 4 is 17.9 Å². The van der Waals surface area contributed by atoms with Crippen LogP contribution in [0.2, 0.25) is 0 Å². The molecule has 0 radical (unpaired) electrons. The van der Waals surface area contributed by atoms with Crippen molar-refractivity contribution < 1.29 is 34.2 Å². The molecule has 0 saturated heterocycles. The average Bonchev–Trinajstić information content (AvgIpc) is 3.02. The zero-order valence-corrected chi connectivity index (χ0v) is 30.0. The van der Waals surface area contributed by atoms with Crippen LogP contribution in [-0.2, 0) is 14.4 Å². The van der Waals surface area contributed by atoms with E-state index in [4.69, 9.17) is 10.2 Å². The maximum atomic E-state index is 11.0. The van der Waals surface area contributed by atoms with Crippen LogP contribution in [0.25, 0.3) is 0 Å². The molecule has 0 amide bonds. The van der Waals surface area contributed by atoms with Crippen molar-refractivity contribution in [3.05, 3.63) is 12.2 Å². The van der Waals surface area contributed by atoms with Crippen molar-refractivity contribution in [2.45, 2.75) is 193 Å². The maximum absolute atomic E-state index is 11.0. The Balaban J connectivity index is 4.19. The fraction of sp³-hybridized carbons (Fsp3) is 0.872. The third kappa shape index (κ3) is 32.1. The minimum Gasteiger partial charge on any atom is -0.550 e. The van der Waals surface area contributed by atoms with E-state index in [1.807, 2.05) is 0 Å². The lowest BCUT2D eigenvalue weighted by Gasteiger charge is -2.39. The highest BCUT2D eigenvalue weighted by Gasteiger charge is 2.26. The topological polar surface area (TPSA) is 115 Å². The zero-order chi connectivity index (χ0) is 34.0. The minimum atomic E-state index is -1.02. The molecule has 7 nitrogen and oxygen atoms in total. The van der Waals surface area contributed by atoms with Crippen LogP contribution in [0.4, 0.5) is 0 Å². The van der Waals surface area contributed by atoms with Crippen LogP contribution < -0.4 is 5.11 Å². The summed E-state index contributed by atoms with van der Waals surface area (Å²) in [7, 11) is 0. The van der Waals surface area contributed by atoms with Gasteiger partial charge in [0.25, 0.3) is 0 Å². The molecular weight excluding hydrogens is 578 g/mol. The van der Waals surface area contributed by atoms with E-state index in [0.29, 0.717) is 19.3 Å². The number of unbranched alkanes of at least 4 members (excludes halogenated alkanes) is 21. The Labute approximate surface area is 283 Å². The Bertz CT molecular complexity index is 698. The Hall–Kier alpha value is -1.89. The summed E-state index contributed by atoms with van der Waals surface area (Å²) in [4.78, 5) is 33.0. The summed E-state index contributed by atoms with van der Waals surface area (Å²) in [5, 5.41) is 29.0. The molecule has 0 atom stereocenters. The SMILES string of the molecule is CCCCCCCCCCCCCCC/C=C/CCCCCCC[N+](CCCCC(=O)[O-])(CCCCC(=O)O)CCCCC(=O)O. The molecule has 0 fully saturated rings. The van der Waals surface area contributed by atoms with Crippen LogP contribution in [0.15, 0.2) is 12.2 Å². The normalized spacial score (nSPS) is 11.8. The zero-order valence-electron chi connectivity index (χ0n) is 30.0. The Kier molecular flexibility index (Phi) is 31.7. The van der Waals surface area contributed by atoms with Gasteiger partial charge in [0.15, 0.2) is 0 Å². The van der Waals surface area contributed by atoms with Crippen molar-refractivity contribution in [3.63, 3.8) is 0 Å². The number of carbonyl (C=O) groups is 3. The first-order valence-electron chi connectivity index (χ1n) is 19.4. The molecule has 0 aromatic heterocycles. The molecule has 0 rings (SSSR count). The van der Waals surface area contributed by atoms with E-state index in [1.54, 1.807) is 0 Å². The van der Waals surface area contributed by atoms with E-state index in [2.05, 4.69) is 19.1 Å². The molecule has 0 aliphatic heterocycles. The third-order valence-electron chi connectivity index (χ3n) is 9.45. The summed E-state index contributed by atoms with van der Waals surface area (Å²) >= 11 is 0. The molecule has 0 aromatic rings. The fourth-order valence-corrected chi connectivity index (χ4v) is 6.59. The molecule has 0 aromatic carbocycles. The summed E-state index contributed by atoms with van der Waals surface area (Å²) in [6, 6.07) is 0. The summed E-state index contributed by atoms with van der Waals surface area (Å²) < 4.78 is 0.841. The van der Waals surface area contributed by atoms with E-state index < -0.39 is 17.9 Å². The first-order valence-corrected chi connectivity index (χ1v) is 19.4. The molecule has 0 bridgehead atoms. The van der Waals surface area contributed by atoms with E-state index in [0.717, 1.165) is 69.2 Å². The van der Waals surface area contributed by atoms with E-state index in [-0.39, 0.29) is 19.3 Å². The molecule has 0 saturated carbocycles. The number of allylic oxidation sites excluding steroid dienone is 2. The maximum Gasteiger partial charge on any atom is 0.303 e. The van der Waals surface area contributed by atoms with Crippen LogP contribution in [0, 0.1) is 0 Å². The van der Waals surface area contributed by atoms with Gasteiger partial charge in [0, 0.05) is 18.8 Å². The summed E-state index contributed by atoms with van der Waals surface area (Å²) in [6.07, 6.45) is 35.8. The quantitative estimate of drug-likeness (QED) is 0.0393. The van der Waals surface area contributed by atoms with Crippen molar-refractivity contribution in [2.24, 2.45) is 0 Å². The van der Waals surface area contributed by atoms with Gasteiger partial charge in [-0.2, -0.15) is 0 Å². The minimum absolute atomic E-state index is 0.0614. The van der Waals surface area contributed by atoms with Gasteiger partial charge in [-0.3, -0.25) is 9.59 Å². The van der Waals surface area contributed by atoms with Crippen molar-refractivity contribution in [2.75, 3.05) is 26.2 Å². The standard InChI is InChI=1S/C39H73NO6/c1-2-3-4-5-6-7-8-9-10-11-12-13-14-15-16-17-18-19-20-21-22-26-33-40(34-27-23-30-37(41)42,35-28-24-31-38(43)44)36-29-25-32-39(45)46/h16-17H,2-15,18-36H2,1H3,(H2-,41,42,43,44,45,46)/b17-16+. The highest BCUT2D eigenvalue weighted by molar-refractivity contribution is 5.66. The van der Waals surface area contributed by atoms with Crippen molar-refractivity contribution in [1.29, 1.82) is 0 Å². The highest BCUT2D eigenvalue weighted by Crippen LogP contribution is 2.20. The molecule has 0 aliphatic carbocycles. The monoisotopic (exact) mass is 652 g/mol. The molecule has 0 unspecified atom stereocenters. The van der Waals surface area contributed by atoms with Crippen molar-refractivity contribution in [3.8, 4) is 0 Å². The number of quaternary nitrogens is 1. The van der Waals surface area contributed by atoms with Gasteiger partial charge in [0.1, 0.15) is 0 Å². The molecule has 7 heteroatoms. The molecule has 270 valence electrons.